The zero-order valence-electron chi connectivity index (χ0n) is 7.80. The van der Waals surface area contributed by atoms with Crippen molar-refractivity contribution in [2.24, 2.45) is 0 Å². The van der Waals surface area contributed by atoms with Gasteiger partial charge in [-0.1, -0.05) is 18.2 Å². The quantitative estimate of drug-likeness (QED) is 0.748. The van der Waals surface area contributed by atoms with E-state index in [1.165, 1.54) is 0 Å². The van der Waals surface area contributed by atoms with E-state index in [0.717, 1.165) is 5.56 Å². The number of carboxylic acids is 1. The molecule has 0 aromatic heterocycles. The molecule has 1 aromatic rings. The fraction of sp³-hybridized carbons (Fsp3) is 0.300. The van der Waals surface area contributed by atoms with Crippen molar-refractivity contribution in [3.8, 4) is 5.75 Å². The van der Waals surface area contributed by atoms with Gasteiger partial charge in [0, 0.05) is 0 Å². The Morgan fingerprint density at radius 1 is 1.50 bits per heavy atom. The average Bonchev–Trinajstić information content (AvgIpc) is 2.16. The van der Waals surface area contributed by atoms with Crippen LogP contribution in [0.3, 0.4) is 0 Å². The number of carbonyl (C=O) groups is 1. The molecule has 0 amide bonds. The molecule has 0 aliphatic carbocycles. The van der Waals surface area contributed by atoms with Gasteiger partial charge in [-0.25, -0.2) is 4.79 Å². The van der Waals surface area contributed by atoms with Gasteiger partial charge in [0.25, 0.3) is 0 Å². The van der Waals surface area contributed by atoms with E-state index in [0.29, 0.717) is 5.75 Å². The first-order chi connectivity index (χ1) is 6.61. The molecule has 1 rings (SSSR count). The first-order valence-corrected chi connectivity index (χ1v) is 4.20. The second kappa shape index (κ2) is 4.62. The van der Waals surface area contributed by atoms with E-state index in [9.17, 15) is 4.79 Å². The SMILES string of the molecule is Cc1ccccc1OC[C@@H](O)C(=O)O. The molecule has 14 heavy (non-hydrogen) atoms. The highest BCUT2D eigenvalue weighted by Gasteiger charge is 2.13. The molecule has 0 bridgehead atoms. The van der Waals surface area contributed by atoms with Crippen LogP contribution in [0.2, 0.25) is 0 Å². The fourth-order valence-electron chi connectivity index (χ4n) is 0.958. The summed E-state index contributed by atoms with van der Waals surface area (Å²) in [6, 6.07) is 7.22. The van der Waals surface area contributed by atoms with Crippen LogP contribution in [0, 0.1) is 6.92 Å². The van der Waals surface area contributed by atoms with Crippen molar-refractivity contribution >= 4 is 5.97 Å². The highest BCUT2D eigenvalue weighted by Crippen LogP contribution is 2.16. The Morgan fingerprint density at radius 2 is 2.14 bits per heavy atom. The molecule has 0 aliphatic rings. The van der Waals surface area contributed by atoms with Gasteiger partial charge in [-0.3, -0.25) is 0 Å². The van der Waals surface area contributed by atoms with Crippen molar-refractivity contribution in [3.63, 3.8) is 0 Å². The third-order valence-electron chi connectivity index (χ3n) is 1.78. The largest absolute Gasteiger partial charge is 0.490 e. The Kier molecular flexibility index (Phi) is 3.48. The van der Waals surface area contributed by atoms with Gasteiger partial charge in [-0.15, -0.1) is 0 Å². The molecule has 0 spiro atoms. The van der Waals surface area contributed by atoms with Crippen molar-refractivity contribution in [1.82, 2.24) is 0 Å². The number of para-hydroxylation sites is 1. The maximum atomic E-state index is 10.3. The van der Waals surface area contributed by atoms with Gasteiger partial charge in [0.15, 0.2) is 6.10 Å². The molecule has 0 radical (unpaired) electrons. The minimum absolute atomic E-state index is 0.236. The van der Waals surface area contributed by atoms with Crippen molar-refractivity contribution in [1.29, 1.82) is 0 Å². The second-order valence-electron chi connectivity index (χ2n) is 2.93. The third kappa shape index (κ3) is 2.74. The van der Waals surface area contributed by atoms with E-state index in [1.807, 2.05) is 19.1 Å². The number of carboxylic acid groups (broad SMARTS) is 1. The zero-order chi connectivity index (χ0) is 10.6. The summed E-state index contributed by atoms with van der Waals surface area (Å²) >= 11 is 0. The first-order valence-electron chi connectivity index (χ1n) is 4.20. The summed E-state index contributed by atoms with van der Waals surface area (Å²) in [5, 5.41) is 17.4. The summed E-state index contributed by atoms with van der Waals surface area (Å²) in [4.78, 5) is 10.3. The van der Waals surface area contributed by atoms with E-state index >= 15 is 0 Å². The summed E-state index contributed by atoms with van der Waals surface area (Å²) in [6.45, 7) is 1.61. The molecular formula is C10H12O4. The molecule has 2 N–H and O–H groups in total. The molecular weight excluding hydrogens is 184 g/mol. The minimum atomic E-state index is -1.48. The summed E-state index contributed by atoms with van der Waals surface area (Å²) in [7, 11) is 0. The summed E-state index contributed by atoms with van der Waals surface area (Å²) in [5.74, 6) is -0.689. The standard InChI is InChI=1S/C10H12O4/c1-7-4-2-3-5-9(7)14-6-8(11)10(12)13/h2-5,8,11H,6H2,1H3,(H,12,13)/t8-/m1/s1. The normalized spacial score (nSPS) is 12.1. The van der Waals surface area contributed by atoms with Gasteiger partial charge in [0.05, 0.1) is 0 Å². The van der Waals surface area contributed by atoms with Crippen LogP contribution >= 0.6 is 0 Å². The Bertz CT molecular complexity index is 322. The molecule has 0 saturated carbocycles. The molecule has 0 saturated heterocycles. The van der Waals surface area contributed by atoms with Crippen molar-refractivity contribution in [3.05, 3.63) is 29.8 Å². The molecule has 1 atom stereocenters. The lowest BCUT2D eigenvalue weighted by Gasteiger charge is -2.10. The third-order valence-corrected chi connectivity index (χ3v) is 1.78. The van der Waals surface area contributed by atoms with Crippen molar-refractivity contribution in [2.75, 3.05) is 6.61 Å². The van der Waals surface area contributed by atoms with Crippen molar-refractivity contribution < 1.29 is 19.7 Å². The van der Waals surface area contributed by atoms with Crippen molar-refractivity contribution in [2.45, 2.75) is 13.0 Å². The van der Waals surface area contributed by atoms with Crippen LogP contribution in [0.15, 0.2) is 24.3 Å². The molecule has 1 aromatic carbocycles. The minimum Gasteiger partial charge on any atom is -0.490 e. The Labute approximate surface area is 81.8 Å². The van der Waals surface area contributed by atoms with E-state index in [1.54, 1.807) is 12.1 Å². The van der Waals surface area contributed by atoms with Gasteiger partial charge < -0.3 is 14.9 Å². The van der Waals surface area contributed by atoms with Gasteiger partial charge in [0.2, 0.25) is 0 Å². The number of aryl methyl sites for hydroxylation is 1. The Balaban J connectivity index is 2.54. The second-order valence-corrected chi connectivity index (χ2v) is 2.93. The number of ether oxygens (including phenoxy) is 1. The maximum Gasteiger partial charge on any atom is 0.336 e. The summed E-state index contributed by atoms with van der Waals surface area (Å²) < 4.78 is 5.13. The van der Waals surface area contributed by atoms with Gasteiger partial charge in [-0.2, -0.15) is 0 Å². The van der Waals surface area contributed by atoms with Crippen LogP contribution in [0.25, 0.3) is 0 Å². The summed E-state index contributed by atoms with van der Waals surface area (Å²) in [6.07, 6.45) is -1.48. The van der Waals surface area contributed by atoms with Gasteiger partial charge >= 0.3 is 5.97 Å². The van der Waals surface area contributed by atoms with Crippen LogP contribution in [0.1, 0.15) is 5.56 Å². The number of benzene rings is 1. The Hall–Kier alpha value is -1.55. The lowest BCUT2D eigenvalue weighted by atomic mass is 10.2. The van der Waals surface area contributed by atoms with Crippen LogP contribution < -0.4 is 4.74 Å². The predicted octanol–water partition coefficient (Wildman–Crippen LogP) is 0.819. The molecule has 76 valence electrons. The molecule has 0 heterocycles. The number of hydrogen-bond donors (Lipinski definition) is 2. The maximum absolute atomic E-state index is 10.3. The van der Waals surface area contributed by atoms with Crippen LogP contribution in [-0.2, 0) is 4.79 Å². The Morgan fingerprint density at radius 3 is 2.71 bits per heavy atom. The smallest absolute Gasteiger partial charge is 0.336 e. The van der Waals surface area contributed by atoms with Gasteiger partial charge in [-0.05, 0) is 18.6 Å². The first kappa shape index (κ1) is 10.5. The highest BCUT2D eigenvalue weighted by molar-refractivity contribution is 5.72. The van der Waals surface area contributed by atoms with Crippen LogP contribution in [0.4, 0.5) is 0 Å². The van der Waals surface area contributed by atoms with E-state index in [-0.39, 0.29) is 6.61 Å². The average molecular weight is 196 g/mol. The number of aliphatic carboxylic acids is 1. The van der Waals surface area contributed by atoms with Crippen LogP contribution in [-0.4, -0.2) is 28.9 Å². The number of hydrogen-bond acceptors (Lipinski definition) is 3. The molecule has 0 fully saturated rings. The topological polar surface area (TPSA) is 66.8 Å². The van der Waals surface area contributed by atoms with E-state index in [2.05, 4.69) is 0 Å². The number of rotatable bonds is 4. The molecule has 4 heteroatoms. The molecule has 0 aliphatic heterocycles. The monoisotopic (exact) mass is 196 g/mol. The number of aliphatic hydroxyl groups excluding tert-OH is 1. The zero-order valence-corrected chi connectivity index (χ0v) is 7.80. The molecule has 4 nitrogen and oxygen atoms in total. The predicted molar refractivity (Wildman–Crippen MR) is 50.3 cm³/mol. The van der Waals surface area contributed by atoms with E-state index in [4.69, 9.17) is 14.9 Å². The summed E-state index contributed by atoms with van der Waals surface area (Å²) in [5.41, 5.74) is 0.907. The fourth-order valence-corrected chi connectivity index (χ4v) is 0.958. The molecule has 0 unspecified atom stereocenters. The van der Waals surface area contributed by atoms with Gasteiger partial charge in [0.1, 0.15) is 12.4 Å². The lowest BCUT2D eigenvalue weighted by molar-refractivity contribution is -0.148. The highest BCUT2D eigenvalue weighted by atomic mass is 16.5. The van der Waals surface area contributed by atoms with Crippen LogP contribution in [0.5, 0.6) is 5.75 Å². The lowest BCUT2D eigenvalue weighted by Crippen LogP contribution is -2.26. The van der Waals surface area contributed by atoms with E-state index < -0.39 is 12.1 Å². The number of aliphatic hydroxyl groups is 1.